The van der Waals surface area contributed by atoms with Crippen molar-refractivity contribution < 1.29 is 0 Å². The highest BCUT2D eigenvalue weighted by Crippen LogP contribution is 2.32. The van der Waals surface area contributed by atoms with Crippen molar-refractivity contribution in [3.8, 4) is 5.69 Å². The predicted molar refractivity (Wildman–Crippen MR) is 92.3 cm³/mol. The molecular formula is C17H14N6S. The van der Waals surface area contributed by atoms with Crippen molar-refractivity contribution in [2.45, 2.75) is 24.0 Å². The second-order valence-corrected chi connectivity index (χ2v) is 6.41. The maximum absolute atomic E-state index is 4.43. The van der Waals surface area contributed by atoms with Gasteiger partial charge in [-0.1, -0.05) is 29.8 Å². The quantitative estimate of drug-likeness (QED) is 0.535. The average molecular weight is 334 g/mol. The number of nitrogens with zero attached hydrogens (tertiary/aromatic N) is 6. The molecule has 0 N–H and O–H groups in total. The van der Waals surface area contributed by atoms with Crippen LogP contribution in [0.5, 0.6) is 0 Å². The summed E-state index contributed by atoms with van der Waals surface area (Å²) in [6.45, 7) is 4.10. The summed E-state index contributed by atoms with van der Waals surface area (Å²) in [5.41, 5.74) is 4.16. The molecule has 2 aromatic heterocycles. The first-order valence-electron chi connectivity index (χ1n) is 7.46. The Morgan fingerprint density at radius 2 is 1.79 bits per heavy atom. The number of tetrazole rings is 1. The van der Waals surface area contributed by atoms with E-state index in [2.05, 4.69) is 45.4 Å². The summed E-state index contributed by atoms with van der Waals surface area (Å²) in [6, 6.07) is 14.1. The zero-order chi connectivity index (χ0) is 16.5. The molecule has 7 heteroatoms. The number of aryl methyl sites for hydroxylation is 2. The van der Waals surface area contributed by atoms with Gasteiger partial charge in [-0.15, -0.1) is 5.10 Å². The van der Waals surface area contributed by atoms with Gasteiger partial charge in [0.05, 0.1) is 11.2 Å². The molecule has 0 atom stereocenters. The van der Waals surface area contributed by atoms with Crippen LogP contribution in [0.4, 0.5) is 0 Å². The van der Waals surface area contributed by atoms with Crippen molar-refractivity contribution in [3.63, 3.8) is 0 Å². The lowest BCUT2D eigenvalue weighted by molar-refractivity contribution is 0.756. The molecule has 0 amide bonds. The van der Waals surface area contributed by atoms with E-state index in [0.29, 0.717) is 5.16 Å². The van der Waals surface area contributed by atoms with E-state index in [9.17, 15) is 0 Å². The van der Waals surface area contributed by atoms with E-state index in [4.69, 9.17) is 0 Å². The Morgan fingerprint density at radius 1 is 0.958 bits per heavy atom. The van der Waals surface area contributed by atoms with Crippen LogP contribution >= 0.6 is 11.8 Å². The lowest BCUT2D eigenvalue weighted by atomic mass is 10.1. The Labute approximate surface area is 143 Å². The fraction of sp³-hybridized carbons (Fsp3) is 0.118. The molecule has 4 aromatic rings. The molecule has 4 rings (SSSR count). The van der Waals surface area contributed by atoms with Crippen LogP contribution in [0, 0.1) is 13.8 Å². The first-order chi connectivity index (χ1) is 11.7. The van der Waals surface area contributed by atoms with Crippen LogP contribution in [0.2, 0.25) is 0 Å². The molecule has 0 radical (unpaired) electrons. The summed E-state index contributed by atoms with van der Waals surface area (Å²) >= 11 is 1.44. The van der Waals surface area contributed by atoms with Gasteiger partial charge in [0.1, 0.15) is 11.4 Å². The highest BCUT2D eigenvalue weighted by Gasteiger charge is 2.14. The Bertz CT molecular complexity index is 1000. The fourth-order valence-electron chi connectivity index (χ4n) is 2.50. The maximum Gasteiger partial charge on any atom is 0.220 e. The van der Waals surface area contributed by atoms with E-state index in [-0.39, 0.29) is 0 Å². The minimum Gasteiger partial charge on any atom is -0.236 e. The summed E-state index contributed by atoms with van der Waals surface area (Å²) in [4.78, 5) is 8.77. The minimum atomic E-state index is 0.669. The third kappa shape index (κ3) is 2.63. The monoisotopic (exact) mass is 334 g/mol. The van der Waals surface area contributed by atoms with Gasteiger partial charge >= 0.3 is 0 Å². The largest absolute Gasteiger partial charge is 0.236 e. The normalized spacial score (nSPS) is 11.1. The Hall–Kier alpha value is -2.80. The Kier molecular flexibility index (Phi) is 3.70. The molecular weight excluding hydrogens is 320 g/mol. The van der Waals surface area contributed by atoms with Gasteiger partial charge in [-0.25, -0.2) is 9.97 Å². The zero-order valence-electron chi connectivity index (χ0n) is 13.2. The van der Waals surface area contributed by atoms with Gasteiger partial charge in [0.2, 0.25) is 5.16 Å². The summed E-state index contributed by atoms with van der Waals surface area (Å²) in [6.07, 6.45) is 1.57. The SMILES string of the molecule is Cc1ccc(-n2nnnc2Sc2ncnc3cccc(C)c23)cc1. The molecule has 118 valence electrons. The van der Waals surface area contributed by atoms with E-state index >= 15 is 0 Å². The van der Waals surface area contributed by atoms with E-state index in [1.54, 1.807) is 11.0 Å². The summed E-state index contributed by atoms with van der Waals surface area (Å²) in [7, 11) is 0. The summed E-state index contributed by atoms with van der Waals surface area (Å²) < 4.78 is 1.72. The highest BCUT2D eigenvalue weighted by atomic mass is 32.2. The average Bonchev–Trinajstić information content (AvgIpc) is 3.04. The third-order valence-electron chi connectivity index (χ3n) is 3.74. The third-order valence-corrected chi connectivity index (χ3v) is 4.68. The highest BCUT2D eigenvalue weighted by molar-refractivity contribution is 7.99. The fourth-order valence-corrected chi connectivity index (χ4v) is 3.45. The number of fused-ring (bicyclic) bond motifs is 1. The first-order valence-corrected chi connectivity index (χ1v) is 8.27. The molecule has 0 fully saturated rings. The molecule has 2 heterocycles. The Balaban J connectivity index is 1.78. The molecule has 0 saturated heterocycles. The topological polar surface area (TPSA) is 69.4 Å². The van der Waals surface area contributed by atoms with Gasteiger partial charge in [-0.05, 0) is 59.8 Å². The molecule has 0 aliphatic carbocycles. The van der Waals surface area contributed by atoms with Crippen LogP contribution in [0.25, 0.3) is 16.6 Å². The molecule has 0 spiro atoms. The summed E-state index contributed by atoms with van der Waals surface area (Å²) in [5, 5.41) is 14.6. The second-order valence-electron chi connectivity index (χ2n) is 5.46. The van der Waals surface area contributed by atoms with Crippen LogP contribution in [0.3, 0.4) is 0 Å². The maximum atomic E-state index is 4.43. The number of benzene rings is 2. The van der Waals surface area contributed by atoms with Crippen molar-refractivity contribution in [3.05, 3.63) is 59.9 Å². The predicted octanol–water partition coefficient (Wildman–Crippen LogP) is 3.37. The molecule has 0 bridgehead atoms. The van der Waals surface area contributed by atoms with Gasteiger partial charge < -0.3 is 0 Å². The van der Waals surface area contributed by atoms with Gasteiger partial charge in [0.15, 0.2) is 0 Å². The van der Waals surface area contributed by atoms with E-state index in [0.717, 1.165) is 27.2 Å². The molecule has 24 heavy (non-hydrogen) atoms. The second kappa shape index (κ2) is 6.01. The van der Waals surface area contributed by atoms with Crippen LogP contribution < -0.4 is 0 Å². The number of hydrogen-bond donors (Lipinski definition) is 0. The molecule has 0 aliphatic rings. The molecule has 0 unspecified atom stereocenters. The van der Waals surface area contributed by atoms with Gasteiger partial charge in [0.25, 0.3) is 0 Å². The molecule has 0 aliphatic heterocycles. The lowest BCUT2D eigenvalue weighted by Crippen LogP contribution is -1.99. The van der Waals surface area contributed by atoms with Crippen molar-refractivity contribution in [1.82, 2.24) is 30.2 Å². The molecule has 0 saturated carbocycles. The number of rotatable bonds is 3. The van der Waals surface area contributed by atoms with E-state index < -0.39 is 0 Å². The van der Waals surface area contributed by atoms with Crippen molar-refractivity contribution in [2.75, 3.05) is 0 Å². The van der Waals surface area contributed by atoms with Gasteiger partial charge in [0, 0.05) is 5.39 Å². The first kappa shape index (κ1) is 14.8. The molecule has 6 nitrogen and oxygen atoms in total. The van der Waals surface area contributed by atoms with E-state index in [1.165, 1.54) is 17.3 Å². The van der Waals surface area contributed by atoms with Crippen LogP contribution in [-0.4, -0.2) is 30.2 Å². The number of aromatic nitrogens is 6. The van der Waals surface area contributed by atoms with Gasteiger partial charge in [-0.2, -0.15) is 4.68 Å². The summed E-state index contributed by atoms with van der Waals surface area (Å²) in [5.74, 6) is 0. The number of hydrogen-bond acceptors (Lipinski definition) is 6. The van der Waals surface area contributed by atoms with Crippen molar-refractivity contribution in [1.29, 1.82) is 0 Å². The molecule has 2 aromatic carbocycles. The standard InChI is InChI=1S/C17H14N6S/c1-11-6-8-13(9-7-11)23-17(20-21-22-23)24-16-15-12(2)4-3-5-14(15)18-10-19-16/h3-10H,1-2H3. The minimum absolute atomic E-state index is 0.669. The van der Waals surface area contributed by atoms with Gasteiger partial charge in [-0.3, -0.25) is 0 Å². The zero-order valence-corrected chi connectivity index (χ0v) is 14.0. The Morgan fingerprint density at radius 3 is 2.62 bits per heavy atom. The smallest absolute Gasteiger partial charge is 0.220 e. The van der Waals surface area contributed by atoms with Crippen molar-refractivity contribution in [2.24, 2.45) is 0 Å². The van der Waals surface area contributed by atoms with Crippen LogP contribution in [0.15, 0.2) is 59.0 Å². The lowest BCUT2D eigenvalue weighted by Gasteiger charge is -2.07. The van der Waals surface area contributed by atoms with Crippen LogP contribution in [-0.2, 0) is 0 Å². The van der Waals surface area contributed by atoms with Crippen molar-refractivity contribution >= 4 is 22.7 Å². The van der Waals surface area contributed by atoms with Crippen LogP contribution in [0.1, 0.15) is 11.1 Å². The van der Waals surface area contributed by atoms with E-state index in [1.807, 2.05) is 36.4 Å².